The standard InChI is InChI=1S/C13H20N2O/c1-2-15-9-11(8-14-15)7-13(16)6-10-3-4-12(13)5-10/h8-10,12,16H,2-7H2,1H3. The molecule has 2 aliphatic rings. The van der Waals surface area contributed by atoms with E-state index in [1.807, 2.05) is 10.9 Å². The Balaban J connectivity index is 1.74. The molecule has 0 radical (unpaired) electrons. The summed E-state index contributed by atoms with van der Waals surface area (Å²) in [5.74, 6) is 1.33. The van der Waals surface area contributed by atoms with Crippen LogP contribution in [-0.2, 0) is 13.0 Å². The number of nitrogens with zero attached hydrogens (tertiary/aromatic N) is 2. The summed E-state index contributed by atoms with van der Waals surface area (Å²) in [7, 11) is 0. The van der Waals surface area contributed by atoms with Crippen LogP contribution in [-0.4, -0.2) is 20.5 Å². The molecule has 16 heavy (non-hydrogen) atoms. The first-order valence-corrected chi connectivity index (χ1v) is 6.43. The first-order valence-electron chi connectivity index (χ1n) is 6.43. The largest absolute Gasteiger partial charge is 0.389 e. The molecular weight excluding hydrogens is 200 g/mol. The fraction of sp³-hybridized carbons (Fsp3) is 0.769. The van der Waals surface area contributed by atoms with Crippen LogP contribution >= 0.6 is 0 Å². The number of aromatic nitrogens is 2. The maximum absolute atomic E-state index is 10.7. The van der Waals surface area contributed by atoms with Crippen LogP contribution in [0, 0.1) is 11.8 Å². The summed E-state index contributed by atoms with van der Waals surface area (Å²) in [5, 5.41) is 15.0. The van der Waals surface area contributed by atoms with Gasteiger partial charge in [-0.25, -0.2) is 0 Å². The van der Waals surface area contributed by atoms with Crippen molar-refractivity contribution >= 4 is 0 Å². The van der Waals surface area contributed by atoms with Crippen molar-refractivity contribution in [3.05, 3.63) is 18.0 Å². The Morgan fingerprint density at radius 3 is 3.00 bits per heavy atom. The van der Waals surface area contributed by atoms with Gasteiger partial charge in [0.2, 0.25) is 0 Å². The SMILES string of the molecule is CCn1cc(CC2(O)CC3CCC2C3)cn1. The number of aryl methyl sites for hydroxylation is 1. The highest BCUT2D eigenvalue weighted by atomic mass is 16.3. The number of rotatable bonds is 3. The molecule has 3 unspecified atom stereocenters. The Morgan fingerprint density at radius 2 is 2.44 bits per heavy atom. The summed E-state index contributed by atoms with van der Waals surface area (Å²) in [6.07, 6.45) is 9.60. The number of hydrogen-bond donors (Lipinski definition) is 1. The third kappa shape index (κ3) is 1.58. The molecule has 3 nitrogen and oxygen atoms in total. The van der Waals surface area contributed by atoms with Crippen LogP contribution in [0.25, 0.3) is 0 Å². The summed E-state index contributed by atoms with van der Waals surface area (Å²) < 4.78 is 1.94. The van der Waals surface area contributed by atoms with Crippen LogP contribution in [0.15, 0.2) is 12.4 Å². The maximum atomic E-state index is 10.7. The zero-order valence-electron chi connectivity index (χ0n) is 9.89. The molecule has 0 saturated heterocycles. The lowest BCUT2D eigenvalue weighted by Gasteiger charge is -2.32. The summed E-state index contributed by atoms with van der Waals surface area (Å²) in [6, 6.07) is 0. The molecule has 3 atom stereocenters. The van der Waals surface area contributed by atoms with Crippen molar-refractivity contribution in [2.45, 2.75) is 51.2 Å². The molecule has 2 aliphatic carbocycles. The van der Waals surface area contributed by atoms with Gasteiger partial charge in [-0.05, 0) is 50.0 Å². The molecule has 0 aromatic carbocycles. The van der Waals surface area contributed by atoms with E-state index in [9.17, 15) is 5.11 Å². The fourth-order valence-corrected chi connectivity index (χ4v) is 3.66. The van der Waals surface area contributed by atoms with Crippen molar-refractivity contribution in [2.75, 3.05) is 0 Å². The second-order valence-corrected chi connectivity index (χ2v) is 5.56. The highest BCUT2D eigenvalue weighted by molar-refractivity contribution is 5.13. The summed E-state index contributed by atoms with van der Waals surface area (Å²) in [4.78, 5) is 0. The van der Waals surface area contributed by atoms with Crippen molar-refractivity contribution in [3.8, 4) is 0 Å². The summed E-state index contributed by atoms with van der Waals surface area (Å²) in [5.41, 5.74) is 0.766. The van der Waals surface area contributed by atoms with E-state index in [-0.39, 0.29) is 0 Å². The smallest absolute Gasteiger partial charge is 0.0719 e. The van der Waals surface area contributed by atoms with E-state index in [0.717, 1.165) is 25.3 Å². The van der Waals surface area contributed by atoms with Gasteiger partial charge in [0.05, 0.1) is 11.8 Å². The van der Waals surface area contributed by atoms with Crippen molar-refractivity contribution < 1.29 is 5.11 Å². The average molecular weight is 220 g/mol. The van der Waals surface area contributed by atoms with Crippen molar-refractivity contribution in [1.82, 2.24) is 9.78 Å². The predicted molar refractivity (Wildman–Crippen MR) is 62.0 cm³/mol. The molecule has 3 heteroatoms. The normalized spacial score (nSPS) is 37.1. The minimum atomic E-state index is -0.426. The van der Waals surface area contributed by atoms with Gasteiger partial charge in [0, 0.05) is 19.2 Å². The molecule has 0 aliphatic heterocycles. The van der Waals surface area contributed by atoms with Gasteiger partial charge in [-0.15, -0.1) is 0 Å². The summed E-state index contributed by atoms with van der Waals surface area (Å²) in [6.45, 7) is 2.99. The van der Waals surface area contributed by atoms with Gasteiger partial charge in [-0.3, -0.25) is 4.68 Å². The topological polar surface area (TPSA) is 38.0 Å². The number of aliphatic hydroxyl groups is 1. The Morgan fingerprint density at radius 1 is 1.56 bits per heavy atom. The molecule has 2 bridgehead atoms. The summed E-state index contributed by atoms with van der Waals surface area (Å²) >= 11 is 0. The van der Waals surface area contributed by atoms with E-state index in [4.69, 9.17) is 0 Å². The van der Waals surface area contributed by atoms with E-state index in [1.54, 1.807) is 0 Å². The number of hydrogen-bond acceptors (Lipinski definition) is 2. The van der Waals surface area contributed by atoms with Gasteiger partial charge in [0.15, 0.2) is 0 Å². The van der Waals surface area contributed by atoms with E-state index in [0.29, 0.717) is 5.92 Å². The minimum absolute atomic E-state index is 0.426. The molecule has 1 aromatic rings. The van der Waals surface area contributed by atoms with Crippen molar-refractivity contribution in [2.24, 2.45) is 11.8 Å². The molecular formula is C13H20N2O. The third-order valence-electron chi connectivity index (χ3n) is 4.46. The van der Waals surface area contributed by atoms with Gasteiger partial charge in [0.1, 0.15) is 0 Å². The second kappa shape index (κ2) is 3.59. The quantitative estimate of drug-likeness (QED) is 0.846. The monoisotopic (exact) mass is 220 g/mol. The molecule has 2 saturated carbocycles. The first-order chi connectivity index (χ1) is 7.69. The lowest BCUT2D eigenvalue weighted by molar-refractivity contribution is -0.0125. The zero-order valence-corrected chi connectivity index (χ0v) is 9.89. The van der Waals surface area contributed by atoms with Crippen LogP contribution in [0.4, 0.5) is 0 Å². The first kappa shape index (κ1) is 10.3. The van der Waals surface area contributed by atoms with Crippen molar-refractivity contribution in [3.63, 3.8) is 0 Å². The van der Waals surface area contributed by atoms with E-state index < -0.39 is 5.60 Å². The zero-order chi connectivity index (χ0) is 11.2. The predicted octanol–water partition coefficient (Wildman–Crippen LogP) is 2.00. The molecule has 0 amide bonds. The van der Waals surface area contributed by atoms with Crippen LogP contribution in [0.1, 0.15) is 38.2 Å². The number of fused-ring (bicyclic) bond motifs is 2. The lowest BCUT2D eigenvalue weighted by atomic mass is 9.80. The Bertz CT molecular complexity index is 387. The van der Waals surface area contributed by atoms with Crippen LogP contribution in [0.3, 0.4) is 0 Å². The highest BCUT2D eigenvalue weighted by Gasteiger charge is 2.49. The average Bonchev–Trinajstić information content (AvgIpc) is 2.92. The highest BCUT2D eigenvalue weighted by Crippen LogP contribution is 2.51. The van der Waals surface area contributed by atoms with E-state index >= 15 is 0 Å². The van der Waals surface area contributed by atoms with E-state index in [2.05, 4.69) is 18.2 Å². The Labute approximate surface area is 96.5 Å². The van der Waals surface area contributed by atoms with Crippen LogP contribution in [0.2, 0.25) is 0 Å². The van der Waals surface area contributed by atoms with Gasteiger partial charge in [0.25, 0.3) is 0 Å². The van der Waals surface area contributed by atoms with Crippen molar-refractivity contribution in [1.29, 1.82) is 0 Å². The molecule has 1 aromatic heterocycles. The molecule has 2 fully saturated rings. The molecule has 1 N–H and O–H groups in total. The second-order valence-electron chi connectivity index (χ2n) is 5.56. The lowest BCUT2D eigenvalue weighted by Crippen LogP contribution is -2.37. The Kier molecular flexibility index (Phi) is 2.32. The fourth-order valence-electron chi connectivity index (χ4n) is 3.66. The molecule has 0 spiro atoms. The van der Waals surface area contributed by atoms with E-state index in [1.165, 1.54) is 24.8 Å². The molecule has 1 heterocycles. The van der Waals surface area contributed by atoms with Gasteiger partial charge < -0.3 is 5.11 Å². The van der Waals surface area contributed by atoms with Crippen LogP contribution in [0.5, 0.6) is 0 Å². The molecule has 3 rings (SSSR count). The van der Waals surface area contributed by atoms with Gasteiger partial charge in [-0.1, -0.05) is 0 Å². The third-order valence-corrected chi connectivity index (χ3v) is 4.46. The van der Waals surface area contributed by atoms with Gasteiger partial charge >= 0.3 is 0 Å². The minimum Gasteiger partial charge on any atom is -0.389 e. The van der Waals surface area contributed by atoms with Crippen LogP contribution < -0.4 is 0 Å². The maximum Gasteiger partial charge on any atom is 0.0719 e. The Hall–Kier alpha value is -0.830. The van der Waals surface area contributed by atoms with Gasteiger partial charge in [-0.2, -0.15) is 5.10 Å². The molecule has 88 valence electrons.